The largest absolute Gasteiger partial charge is 0.353 e. The van der Waals surface area contributed by atoms with Gasteiger partial charge in [0.25, 0.3) is 0 Å². The Morgan fingerprint density at radius 1 is 1.15 bits per heavy atom. The average molecular weight is 482 g/mol. The van der Waals surface area contributed by atoms with Gasteiger partial charge in [0, 0.05) is 54.8 Å². The molecule has 5 rings (SSSR count). The number of anilines is 1. The van der Waals surface area contributed by atoms with Crippen molar-refractivity contribution in [2.75, 3.05) is 31.1 Å². The van der Waals surface area contributed by atoms with Gasteiger partial charge in [0.2, 0.25) is 5.91 Å². The van der Waals surface area contributed by atoms with E-state index in [1.54, 1.807) is 0 Å². The van der Waals surface area contributed by atoms with Crippen LogP contribution in [0.3, 0.4) is 0 Å². The van der Waals surface area contributed by atoms with Gasteiger partial charge < -0.3 is 15.1 Å². The van der Waals surface area contributed by atoms with Crippen LogP contribution in [-0.2, 0) is 4.79 Å². The number of ketones is 1. The first kappa shape index (κ1) is 23.2. The fourth-order valence-electron chi connectivity index (χ4n) is 5.76. The molecule has 1 aliphatic carbocycles. The van der Waals surface area contributed by atoms with Crippen LogP contribution in [0, 0.1) is 0 Å². The summed E-state index contributed by atoms with van der Waals surface area (Å²) < 4.78 is 0. The molecule has 2 fully saturated rings. The molecule has 0 unspecified atom stereocenters. The molecule has 0 saturated carbocycles. The molecule has 180 valence electrons. The predicted octanol–water partition coefficient (Wildman–Crippen LogP) is 3.78. The predicted molar refractivity (Wildman–Crippen MR) is 133 cm³/mol. The van der Waals surface area contributed by atoms with Gasteiger partial charge in [-0.3, -0.25) is 9.59 Å². The second kappa shape index (κ2) is 8.93. The Labute approximate surface area is 205 Å². The summed E-state index contributed by atoms with van der Waals surface area (Å²) in [6, 6.07) is 7.80. The van der Waals surface area contributed by atoms with Gasteiger partial charge in [0.05, 0.1) is 5.92 Å². The molecule has 3 aliphatic rings. The number of rotatable bonds is 4. The number of nitrogens with one attached hydrogen (secondary N) is 1. The first-order valence-corrected chi connectivity index (χ1v) is 12.6. The summed E-state index contributed by atoms with van der Waals surface area (Å²) in [4.78, 5) is 39.1. The van der Waals surface area contributed by atoms with E-state index in [4.69, 9.17) is 11.6 Å². The lowest BCUT2D eigenvalue weighted by atomic mass is 9.88. The summed E-state index contributed by atoms with van der Waals surface area (Å²) >= 11 is 6.14. The van der Waals surface area contributed by atoms with Crippen LogP contribution in [0.1, 0.15) is 73.5 Å². The van der Waals surface area contributed by atoms with Crippen LogP contribution in [-0.4, -0.2) is 64.3 Å². The van der Waals surface area contributed by atoms with E-state index in [1.807, 2.05) is 29.2 Å². The highest BCUT2D eigenvalue weighted by Gasteiger charge is 2.41. The van der Waals surface area contributed by atoms with Crippen molar-refractivity contribution in [1.29, 1.82) is 0 Å². The SMILES string of the molecule is C[C@@H]1CC(=O)c2ncnc(N3CCN(C(=O)[C@@H](c4ccc(Cl)cc4)[C@@H]4CCC(C)(C)N4)CC3)c21. The van der Waals surface area contributed by atoms with Gasteiger partial charge in [0.1, 0.15) is 17.8 Å². The number of fused-ring (bicyclic) bond motifs is 1. The molecule has 3 atom stereocenters. The fraction of sp³-hybridized carbons (Fsp3) is 0.538. The fourth-order valence-corrected chi connectivity index (χ4v) is 5.88. The normalized spacial score (nSPS) is 24.9. The van der Waals surface area contributed by atoms with Crippen LogP contribution in [0.2, 0.25) is 5.02 Å². The van der Waals surface area contributed by atoms with E-state index in [2.05, 4.69) is 41.0 Å². The van der Waals surface area contributed by atoms with E-state index in [9.17, 15) is 9.59 Å². The molecule has 1 aromatic heterocycles. The van der Waals surface area contributed by atoms with E-state index >= 15 is 0 Å². The number of carbonyl (C=O) groups excluding carboxylic acids is 2. The Bertz CT molecular complexity index is 1090. The Morgan fingerprint density at radius 2 is 1.85 bits per heavy atom. The number of halogens is 1. The summed E-state index contributed by atoms with van der Waals surface area (Å²) in [6.45, 7) is 9.08. The minimum atomic E-state index is -0.244. The zero-order chi connectivity index (χ0) is 24.0. The van der Waals surface area contributed by atoms with Gasteiger partial charge in [-0.2, -0.15) is 0 Å². The van der Waals surface area contributed by atoms with Gasteiger partial charge >= 0.3 is 0 Å². The van der Waals surface area contributed by atoms with E-state index in [1.165, 1.54) is 6.33 Å². The third kappa shape index (κ3) is 4.31. The summed E-state index contributed by atoms with van der Waals surface area (Å²) in [7, 11) is 0. The van der Waals surface area contributed by atoms with Crippen molar-refractivity contribution < 1.29 is 9.59 Å². The Kier molecular flexibility index (Phi) is 6.10. The van der Waals surface area contributed by atoms with Crippen LogP contribution in [0.5, 0.6) is 0 Å². The smallest absolute Gasteiger partial charge is 0.231 e. The molecule has 2 saturated heterocycles. The van der Waals surface area contributed by atoms with Crippen molar-refractivity contribution in [3.05, 3.63) is 52.4 Å². The van der Waals surface area contributed by atoms with Gasteiger partial charge in [-0.1, -0.05) is 30.7 Å². The molecule has 2 aliphatic heterocycles. The minimum absolute atomic E-state index is 0.0237. The first-order chi connectivity index (χ1) is 16.2. The lowest BCUT2D eigenvalue weighted by Gasteiger charge is -2.39. The summed E-state index contributed by atoms with van der Waals surface area (Å²) in [6.07, 6.45) is 3.99. The van der Waals surface area contributed by atoms with Crippen LogP contribution in [0.25, 0.3) is 0 Å². The molecule has 8 heteroatoms. The van der Waals surface area contributed by atoms with E-state index in [0.717, 1.165) is 29.8 Å². The third-order valence-electron chi connectivity index (χ3n) is 7.56. The second-order valence-corrected chi connectivity index (χ2v) is 10.9. The summed E-state index contributed by atoms with van der Waals surface area (Å²) in [5, 5.41) is 4.37. The number of aromatic nitrogens is 2. The van der Waals surface area contributed by atoms with E-state index in [0.29, 0.717) is 43.3 Å². The van der Waals surface area contributed by atoms with Crippen molar-refractivity contribution in [3.63, 3.8) is 0 Å². The Hall–Kier alpha value is -2.51. The maximum absolute atomic E-state index is 13.9. The lowest BCUT2D eigenvalue weighted by Crippen LogP contribution is -2.53. The van der Waals surface area contributed by atoms with E-state index in [-0.39, 0.29) is 35.1 Å². The van der Waals surface area contributed by atoms with Crippen molar-refractivity contribution in [2.24, 2.45) is 0 Å². The second-order valence-electron chi connectivity index (χ2n) is 10.5. The van der Waals surface area contributed by atoms with Crippen molar-refractivity contribution >= 4 is 29.1 Å². The van der Waals surface area contributed by atoms with Gasteiger partial charge in [-0.05, 0) is 50.3 Å². The molecule has 1 amide bonds. The van der Waals surface area contributed by atoms with Crippen LogP contribution < -0.4 is 10.2 Å². The lowest BCUT2D eigenvalue weighted by molar-refractivity contribution is -0.133. The van der Waals surface area contributed by atoms with Crippen molar-refractivity contribution in [1.82, 2.24) is 20.2 Å². The maximum atomic E-state index is 13.9. The first-order valence-electron chi connectivity index (χ1n) is 12.2. The molecule has 1 aromatic carbocycles. The number of piperazine rings is 1. The molecule has 0 radical (unpaired) electrons. The Balaban J connectivity index is 1.34. The topological polar surface area (TPSA) is 78.4 Å². The molecule has 7 nitrogen and oxygen atoms in total. The highest BCUT2D eigenvalue weighted by molar-refractivity contribution is 6.30. The van der Waals surface area contributed by atoms with Gasteiger partial charge in [0.15, 0.2) is 5.78 Å². The molecular formula is C26H32ClN5O2. The highest BCUT2D eigenvalue weighted by Crippen LogP contribution is 2.38. The van der Waals surface area contributed by atoms with E-state index < -0.39 is 0 Å². The molecule has 2 aromatic rings. The monoisotopic (exact) mass is 481 g/mol. The maximum Gasteiger partial charge on any atom is 0.231 e. The van der Waals surface area contributed by atoms with Crippen LogP contribution >= 0.6 is 11.6 Å². The summed E-state index contributed by atoms with van der Waals surface area (Å²) in [5.41, 5.74) is 2.56. The molecule has 1 N–H and O–H groups in total. The number of Topliss-reactive ketones (excluding diaryl/α,β-unsaturated/α-hetero) is 1. The number of hydrogen-bond donors (Lipinski definition) is 1. The zero-order valence-electron chi connectivity index (χ0n) is 20.1. The quantitative estimate of drug-likeness (QED) is 0.716. The highest BCUT2D eigenvalue weighted by atomic mass is 35.5. The van der Waals surface area contributed by atoms with Crippen LogP contribution in [0.4, 0.5) is 5.82 Å². The Morgan fingerprint density at radius 3 is 2.50 bits per heavy atom. The number of hydrogen-bond acceptors (Lipinski definition) is 6. The van der Waals surface area contributed by atoms with Crippen molar-refractivity contribution in [2.45, 2.75) is 63.5 Å². The number of benzene rings is 1. The summed E-state index contributed by atoms with van der Waals surface area (Å²) in [5.74, 6) is 0.992. The molecule has 34 heavy (non-hydrogen) atoms. The zero-order valence-corrected chi connectivity index (χ0v) is 20.8. The third-order valence-corrected chi connectivity index (χ3v) is 7.81. The molecule has 3 heterocycles. The standard InChI is InChI=1S/C26H32ClN5O2/c1-16-14-20(33)23-21(16)24(29-15-28-23)31-10-12-32(13-11-31)25(34)22(17-4-6-18(27)7-5-17)19-8-9-26(2,3)30-19/h4-7,15-16,19,22,30H,8-14H2,1-3H3/t16-,19+,22+/m1/s1. The van der Waals surface area contributed by atoms with Gasteiger partial charge in [-0.25, -0.2) is 9.97 Å². The van der Waals surface area contributed by atoms with Crippen LogP contribution in [0.15, 0.2) is 30.6 Å². The average Bonchev–Trinajstić information content (AvgIpc) is 3.33. The molecule has 0 spiro atoms. The number of carbonyl (C=O) groups is 2. The number of nitrogens with zero attached hydrogens (tertiary/aromatic N) is 4. The molecular weight excluding hydrogens is 450 g/mol. The van der Waals surface area contributed by atoms with Gasteiger partial charge in [-0.15, -0.1) is 0 Å². The number of amides is 1. The van der Waals surface area contributed by atoms with Crippen molar-refractivity contribution in [3.8, 4) is 0 Å². The molecule has 0 bridgehead atoms. The minimum Gasteiger partial charge on any atom is -0.353 e.